The Hall–Kier alpha value is -2.70. The van der Waals surface area contributed by atoms with Crippen molar-refractivity contribution in [1.29, 1.82) is 0 Å². The van der Waals surface area contributed by atoms with Crippen molar-refractivity contribution in [3.63, 3.8) is 0 Å². The van der Waals surface area contributed by atoms with E-state index in [0.717, 1.165) is 12.0 Å². The maximum Gasteiger partial charge on any atom is 0.242 e. The van der Waals surface area contributed by atoms with Crippen LogP contribution in [0.25, 0.3) is 0 Å². The molecular weight excluding hydrogens is 308 g/mol. The number of anilines is 2. The van der Waals surface area contributed by atoms with Gasteiger partial charge in [0.15, 0.2) is 17.3 Å². The molecular formula is C17H24N4O3. The van der Waals surface area contributed by atoms with Crippen LogP contribution >= 0.6 is 0 Å². The maximum atomic E-state index is 6.05. The first kappa shape index (κ1) is 17.7. The summed E-state index contributed by atoms with van der Waals surface area (Å²) in [4.78, 5) is 8.22. The normalized spacial score (nSPS) is 10.5. The molecule has 3 N–H and O–H groups in total. The highest BCUT2D eigenvalue weighted by Crippen LogP contribution is 2.28. The topological polar surface area (TPSA) is 91.5 Å². The number of rotatable bonds is 8. The fourth-order valence-corrected chi connectivity index (χ4v) is 2.20. The fraction of sp³-hybridized carbons (Fsp3) is 0.412. The summed E-state index contributed by atoms with van der Waals surface area (Å²) in [6.45, 7) is 4.51. The molecule has 0 atom stereocenters. The van der Waals surface area contributed by atoms with Gasteiger partial charge in [-0.3, -0.25) is 0 Å². The molecule has 1 aromatic carbocycles. The van der Waals surface area contributed by atoms with E-state index in [1.54, 1.807) is 14.2 Å². The van der Waals surface area contributed by atoms with E-state index in [0.29, 0.717) is 35.4 Å². The number of hydrogen-bond acceptors (Lipinski definition) is 7. The molecule has 0 aliphatic heterocycles. The molecule has 0 aliphatic carbocycles. The lowest BCUT2D eigenvalue weighted by molar-refractivity contribution is 0.234. The molecule has 2 aromatic rings. The predicted molar refractivity (Wildman–Crippen MR) is 93.9 cm³/mol. The van der Waals surface area contributed by atoms with Crippen molar-refractivity contribution >= 4 is 11.5 Å². The molecule has 0 unspecified atom stereocenters. The summed E-state index contributed by atoms with van der Waals surface area (Å²) in [6.07, 6.45) is 2.22. The van der Waals surface area contributed by atoms with Crippen LogP contribution in [0.4, 0.5) is 11.5 Å². The van der Waals surface area contributed by atoms with Gasteiger partial charge in [0.05, 0.1) is 20.3 Å². The Morgan fingerprint density at radius 3 is 2.54 bits per heavy atom. The Bertz CT molecular complexity index is 677. The molecule has 0 saturated carbocycles. The number of ether oxygens (including phenoxy) is 3. The minimum atomic E-state index is 0.00168. The Balaban J connectivity index is 1.99. The number of benzene rings is 1. The number of hydrogen-bond donors (Lipinski definition) is 2. The quantitative estimate of drug-likeness (QED) is 0.767. The van der Waals surface area contributed by atoms with Crippen molar-refractivity contribution < 1.29 is 14.2 Å². The number of nitrogens with two attached hydrogens (primary N) is 1. The molecule has 0 saturated heterocycles. The molecule has 130 valence electrons. The third-order valence-corrected chi connectivity index (χ3v) is 3.35. The van der Waals surface area contributed by atoms with Crippen molar-refractivity contribution in [2.75, 3.05) is 31.8 Å². The molecule has 1 aromatic heterocycles. The lowest BCUT2D eigenvalue weighted by Crippen LogP contribution is -2.13. The zero-order valence-electron chi connectivity index (χ0n) is 14.5. The highest BCUT2D eigenvalue weighted by atomic mass is 16.5. The molecule has 0 bridgehead atoms. The van der Waals surface area contributed by atoms with Crippen LogP contribution in [0.15, 0.2) is 24.5 Å². The van der Waals surface area contributed by atoms with Gasteiger partial charge in [0, 0.05) is 6.54 Å². The monoisotopic (exact) mass is 332 g/mol. The summed E-state index contributed by atoms with van der Waals surface area (Å²) in [7, 11) is 3.24. The van der Waals surface area contributed by atoms with Crippen LogP contribution in [-0.4, -0.2) is 36.8 Å². The van der Waals surface area contributed by atoms with Gasteiger partial charge in [-0.25, -0.2) is 4.98 Å². The SMILES string of the molecule is COc1ccc(CCNc2ncnc(OC(C)C)c2N)cc1OC. The van der Waals surface area contributed by atoms with Gasteiger partial charge in [-0.15, -0.1) is 0 Å². The predicted octanol–water partition coefficient (Wildman–Crippen LogP) is 2.52. The van der Waals surface area contributed by atoms with E-state index < -0.39 is 0 Å². The molecule has 2 rings (SSSR count). The second-order valence-corrected chi connectivity index (χ2v) is 5.47. The minimum absolute atomic E-state index is 0.00168. The first-order valence-electron chi connectivity index (χ1n) is 7.77. The van der Waals surface area contributed by atoms with Crippen LogP contribution in [0.2, 0.25) is 0 Å². The summed E-state index contributed by atoms with van der Waals surface area (Å²) >= 11 is 0. The second-order valence-electron chi connectivity index (χ2n) is 5.47. The van der Waals surface area contributed by atoms with E-state index in [-0.39, 0.29) is 6.10 Å². The molecule has 0 aliphatic rings. The van der Waals surface area contributed by atoms with E-state index in [1.165, 1.54) is 6.33 Å². The van der Waals surface area contributed by atoms with Crippen LogP contribution in [0.3, 0.4) is 0 Å². The molecule has 0 amide bonds. The summed E-state index contributed by atoms with van der Waals surface area (Å²) in [5.74, 6) is 2.39. The number of aromatic nitrogens is 2. The number of nitrogen functional groups attached to an aromatic ring is 1. The third-order valence-electron chi connectivity index (χ3n) is 3.35. The molecule has 7 nitrogen and oxygen atoms in total. The number of methoxy groups -OCH3 is 2. The van der Waals surface area contributed by atoms with Crippen molar-refractivity contribution in [1.82, 2.24) is 9.97 Å². The molecule has 0 spiro atoms. The van der Waals surface area contributed by atoms with Crippen LogP contribution in [0.5, 0.6) is 17.4 Å². The van der Waals surface area contributed by atoms with Crippen LogP contribution in [-0.2, 0) is 6.42 Å². The largest absolute Gasteiger partial charge is 0.493 e. The highest BCUT2D eigenvalue weighted by molar-refractivity contribution is 5.66. The first-order chi connectivity index (χ1) is 11.5. The van der Waals surface area contributed by atoms with Crippen molar-refractivity contribution in [3.8, 4) is 17.4 Å². The minimum Gasteiger partial charge on any atom is -0.493 e. The Kier molecular flexibility index (Phi) is 6.06. The van der Waals surface area contributed by atoms with Gasteiger partial charge >= 0.3 is 0 Å². The van der Waals surface area contributed by atoms with Crippen LogP contribution in [0.1, 0.15) is 19.4 Å². The van der Waals surface area contributed by atoms with Gasteiger partial charge in [0.1, 0.15) is 12.0 Å². The van der Waals surface area contributed by atoms with Gasteiger partial charge in [0.2, 0.25) is 5.88 Å². The molecule has 24 heavy (non-hydrogen) atoms. The summed E-state index contributed by atoms with van der Waals surface area (Å²) in [5, 5.41) is 3.21. The fourth-order valence-electron chi connectivity index (χ4n) is 2.20. The van der Waals surface area contributed by atoms with Gasteiger partial charge in [-0.1, -0.05) is 6.07 Å². The summed E-state index contributed by atoms with van der Waals surface area (Å²) in [5.41, 5.74) is 7.58. The Morgan fingerprint density at radius 2 is 1.88 bits per heavy atom. The molecule has 7 heteroatoms. The van der Waals surface area contributed by atoms with E-state index >= 15 is 0 Å². The lowest BCUT2D eigenvalue weighted by atomic mass is 10.1. The first-order valence-corrected chi connectivity index (χ1v) is 7.77. The van der Waals surface area contributed by atoms with Gasteiger partial charge < -0.3 is 25.3 Å². The van der Waals surface area contributed by atoms with Crippen LogP contribution < -0.4 is 25.3 Å². The van der Waals surface area contributed by atoms with Crippen LogP contribution in [0, 0.1) is 0 Å². The smallest absolute Gasteiger partial charge is 0.242 e. The van der Waals surface area contributed by atoms with Gasteiger partial charge in [0.25, 0.3) is 0 Å². The lowest BCUT2D eigenvalue weighted by Gasteiger charge is -2.14. The molecule has 0 radical (unpaired) electrons. The van der Waals surface area contributed by atoms with Crippen molar-refractivity contribution in [2.24, 2.45) is 0 Å². The van der Waals surface area contributed by atoms with Crippen molar-refractivity contribution in [2.45, 2.75) is 26.4 Å². The zero-order valence-corrected chi connectivity index (χ0v) is 14.5. The average Bonchev–Trinajstić information content (AvgIpc) is 2.57. The van der Waals surface area contributed by atoms with Gasteiger partial charge in [-0.05, 0) is 38.0 Å². The molecule has 1 heterocycles. The Labute approximate surface area is 142 Å². The van der Waals surface area contributed by atoms with Crippen molar-refractivity contribution in [3.05, 3.63) is 30.1 Å². The number of nitrogens with zero attached hydrogens (tertiary/aromatic N) is 2. The Morgan fingerprint density at radius 1 is 1.12 bits per heavy atom. The standard InChI is InChI=1S/C17H24N4O3/c1-11(2)24-17-15(18)16(20-10-21-17)19-8-7-12-5-6-13(22-3)14(9-12)23-4/h5-6,9-11H,7-8,18H2,1-4H3,(H,19,20,21). The third kappa shape index (κ3) is 4.41. The zero-order chi connectivity index (χ0) is 17.5. The van der Waals surface area contributed by atoms with E-state index in [4.69, 9.17) is 19.9 Å². The maximum absolute atomic E-state index is 6.05. The average molecular weight is 332 g/mol. The number of nitrogens with one attached hydrogen (secondary N) is 1. The second kappa shape index (κ2) is 8.24. The van der Waals surface area contributed by atoms with E-state index in [1.807, 2.05) is 32.0 Å². The van der Waals surface area contributed by atoms with E-state index in [9.17, 15) is 0 Å². The summed E-state index contributed by atoms with van der Waals surface area (Å²) < 4.78 is 16.1. The molecule has 0 fully saturated rings. The highest BCUT2D eigenvalue weighted by Gasteiger charge is 2.10. The van der Waals surface area contributed by atoms with E-state index in [2.05, 4.69) is 15.3 Å². The summed E-state index contributed by atoms with van der Waals surface area (Å²) in [6, 6.07) is 5.85. The van der Waals surface area contributed by atoms with Gasteiger partial charge in [-0.2, -0.15) is 4.98 Å².